The van der Waals surface area contributed by atoms with E-state index in [4.69, 9.17) is 0 Å². The summed E-state index contributed by atoms with van der Waals surface area (Å²) in [7, 11) is 0.778. The fraction of sp³-hybridized carbons (Fsp3) is 0.941. The van der Waals surface area contributed by atoms with E-state index in [1.165, 1.54) is 0 Å². The van der Waals surface area contributed by atoms with E-state index in [0.717, 1.165) is 51.6 Å². The normalized spacial score (nSPS) is 36.8. The molecule has 1 spiro atoms. The Labute approximate surface area is 145 Å². The molecular weight excluding hydrogens is 326 g/mol. The fourth-order valence-corrected chi connectivity index (χ4v) is 7.62. The van der Waals surface area contributed by atoms with Gasteiger partial charge in [-0.15, -0.1) is 0 Å². The number of nitrogens with one attached hydrogen (secondary N) is 1. The summed E-state index contributed by atoms with van der Waals surface area (Å²) in [6.45, 7) is 3.08. The van der Waals surface area contributed by atoms with Gasteiger partial charge in [-0.3, -0.25) is 4.79 Å². The van der Waals surface area contributed by atoms with Gasteiger partial charge in [0.15, 0.2) is 0 Å². The molecule has 2 aliphatic heterocycles. The van der Waals surface area contributed by atoms with Gasteiger partial charge in [-0.25, -0.2) is 12.7 Å². The molecule has 0 unspecified atom stereocenters. The molecule has 1 amide bonds. The van der Waals surface area contributed by atoms with Crippen molar-refractivity contribution in [3.63, 3.8) is 0 Å². The molecule has 2 saturated heterocycles. The van der Waals surface area contributed by atoms with Crippen molar-refractivity contribution < 1.29 is 13.2 Å². The summed E-state index contributed by atoms with van der Waals surface area (Å²) in [5.41, 5.74) is -0.117. The minimum Gasteiger partial charge on any atom is -0.359 e. The summed E-state index contributed by atoms with van der Waals surface area (Å²) in [5.74, 6) is 0.544. The Balaban J connectivity index is 1.54. The predicted octanol–water partition coefficient (Wildman–Crippen LogP) is 0.649. The van der Waals surface area contributed by atoms with Crippen LogP contribution >= 0.6 is 0 Å². The van der Waals surface area contributed by atoms with Crippen molar-refractivity contribution in [2.75, 3.05) is 40.3 Å². The molecule has 0 radical (unpaired) electrons. The molecule has 24 heavy (non-hydrogen) atoms. The molecule has 1 N–H and O–H groups in total. The van der Waals surface area contributed by atoms with Crippen molar-refractivity contribution in [2.45, 2.75) is 43.8 Å². The Hall–Kier alpha value is -0.660. The van der Waals surface area contributed by atoms with Gasteiger partial charge >= 0.3 is 0 Å². The van der Waals surface area contributed by atoms with Crippen LogP contribution in [0.1, 0.15) is 38.5 Å². The maximum Gasteiger partial charge on any atom is 0.227 e. The van der Waals surface area contributed by atoms with Gasteiger partial charge in [0, 0.05) is 33.2 Å². The van der Waals surface area contributed by atoms with Gasteiger partial charge in [-0.2, -0.15) is 0 Å². The van der Waals surface area contributed by atoms with Crippen molar-refractivity contribution >= 4 is 15.9 Å². The number of carbonyl (C=O) groups excluding carboxylic acids is 1. The lowest BCUT2D eigenvalue weighted by atomic mass is 9.66. The first-order chi connectivity index (χ1) is 11.3. The zero-order valence-electron chi connectivity index (χ0n) is 14.8. The maximum absolute atomic E-state index is 12.7. The first-order valence-electron chi connectivity index (χ1n) is 9.24. The summed E-state index contributed by atoms with van der Waals surface area (Å²) in [5, 5.41) is 2.78. The van der Waals surface area contributed by atoms with E-state index in [-0.39, 0.29) is 22.0 Å². The third-order valence-corrected chi connectivity index (χ3v) is 9.62. The second kappa shape index (κ2) is 5.42. The van der Waals surface area contributed by atoms with Crippen molar-refractivity contribution in [1.82, 2.24) is 14.5 Å². The highest BCUT2D eigenvalue weighted by atomic mass is 32.2. The first-order valence-corrected chi connectivity index (χ1v) is 10.7. The van der Waals surface area contributed by atoms with Crippen molar-refractivity contribution in [2.24, 2.45) is 16.7 Å². The Morgan fingerprint density at radius 3 is 2.38 bits per heavy atom. The van der Waals surface area contributed by atoms with Crippen molar-refractivity contribution in [1.29, 1.82) is 0 Å². The third kappa shape index (κ3) is 2.27. The molecular formula is C17H29N3O3S. The Morgan fingerprint density at radius 2 is 1.79 bits per heavy atom. The molecule has 4 fully saturated rings. The van der Waals surface area contributed by atoms with Crippen LogP contribution in [0.2, 0.25) is 0 Å². The number of carbonyl (C=O) groups is 1. The monoisotopic (exact) mass is 355 g/mol. The number of sulfonamides is 1. The average molecular weight is 356 g/mol. The number of nitrogens with zero attached hydrogens (tertiary/aromatic N) is 2. The van der Waals surface area contributed by atoms with Crippen LogP contribution in [-0.2, 0) is 14.8 Å². The van der Waals surface area contributed by atoms with E-state index in [1.807, 2.05) is 0 Å². The van der Waals surface area contributed by atoms with Gasteiger partial charge in [-0.05, 0) is 56.9 Å². The standard InChI is InChI=1S/C17H29N3O3S/c1-18-15(21)17-6-5-16(14(17)11-19(2)12-17)7-9-20(10-8-16)24(22,23)13-3-4-13/h13-14H,3-12H2,1-2H3,(H,18,21)/t14-,17+/m0/s1. The van der Waals surface area contributed by atoms with E-state index in [0.29, 0.717) is 19.0 Å². The highest BCUT2D eigenvalue weighted by Crippen LogP contribution is 2.62. The number of fused-ring (bicyclic) bond motifs is 2. The van der Waals surface area contributed by atoms with Crippen LogP contribution in [0.25, 0.3) is 0 Å². The quantitative estimate of drug-likeness (QED) is 0.807. The molecule has 136 valence electrons. The molecule has 4 rings (SSSR count). The molecule has 2 aliphatic carbocycles. The Bertz CT molecular complexity index is 637. The molecule has 2 heterocycles. The zero-order valence-corrected chi connectivity index (χ0v) is 15.6. The maximum atomic E-state index is 12.7. The van der Waals surface area contributed by atoms with Crippen LogP contribution in [0.5, 0.6) is 0 Å². The molecule has 0 aromatic heterocycles. The predicted molar refractivity (Wildman–Crippen MR) is 91.9 cm³/mol. The lowest BCUT2D eigenvalue weighted by Gasteiger charge is -2.44. The second-order valence-electron chi connectivity index (χ2n) is 8.49. The molecule has 7 heteroatoms. The van der Waals surface area contributed by atoms with Crippen LogP contribution in [0.3, 0.4) is 0 Å². The molecule has 0 aromatic carbocycles. The minimum atomic E-state index is -3.06. The number of hydrogen-bond donors (Lipinski definition) is 1. The minimum absolute atomic E-state index is 0.113. The van der Waals surface area contributed by atoms with Gasteiger partial charge in [0.2, 0.25) is 15.9 Å². The van der Waals surface area contributed by atoms with Gasteiger partial charge < -0.3 is 10.2 Å². The Kier molecular flexibility index (Phi) is 3.79. The summed E-state index contributed by atoms with van der Waals surface area (Å²) in [6.07, 6.45) is 5.49. The van der Waals surface area contributed by atoms with Crippen LogP contribution < -0.4 is 5.32 Å². The largest absolute Gasteiger partial charge is 0.359 e. The van der Waals surface area contributed by atoms with Gasteiger partial charge in [0.1, 0.15) is 0 Å². The summed E-state index contributed by atoms with van der Waals surface area (Å²) >= 11 is 0. The fourth-order valence-electron chi connectivity index (χ4n) is 5.78. The number of piperidine rings is 1. The lowest BCUT2D eigenvalue weighted by Crippen LogP contribution is -2.49. The smallest absolute Gasteiger partial charge is 0.227 e. The van der Waals surface area contributed by atoms with E-state index in [9.17, 15) is 13.2 Å². The van der Waals surface area contributed by atoms with Crippen molar-refractivity contribution in [3.05, 3.63) is 0 Å². The highest BCUT2D eigenvalue weighted by molar-refractivity contribution is 7.90. The SMILES string of the molecule is CNC(=O)[C@@]12CCC3(CCN(S(=O)(=O)C4CC4)CC3)[C@@H]1CN(C)C2. The van der Waals surface area contributed by atoms with Gasteiger partial charge in [-0.1, -0.05) is 0 Å². The molecule has 0 aromatic rings. The van der Waals surface area contributed by atoms with E-state index < -0.39 is 10.0 Å². The number of hydrogen-bond acceptors (Lipinski definition) is 4. The lowest BCUT2D eigenvalue weighted by molar-refractivity contribution is -0.132. The molecule has 2 saturated carbocycles. The summed E-state index contributed by atoms with van der Waals surface area (Å²) in [4.78, 5) is 15.0. The molecule has 2 atom stereocenters. The summed E-state index contributed by atoms with van der Waals surface area (Å²) in [6, 6.07) is 0. The molecule has 0 bridgehead atoms. The summed E-state index contributed by atoms with van der Waals surface area (Å²) < 4.78 is 26.7. The van der Waals surface area contributed by atoms with Crippen LogP contribution in [0.15, 0.2) is 0 Å². The zero-order chi connectivity index (χ0) is 17.2. The Morgan fingerprint density at radius 1 is 1.12 bits per heavy atom. The van der Waals surface area contributed by atoms with Crippen molar-refractivity contribution in [3.8, 4) is 0 Å². The van der Waals surface area contributed by atoms with E-state index >= 15 is 0 Å². The van der Waals surface area contributed by atoms with Crippen LogP contribution in [0.4, 0.5) is 0 Å². The second-order valence-corrected chi connectivity index (χ2v) is 10.7. The van der Waals surface area contributed by atoms with E-state index in [1.54, 1.807) is 11.4 Å². The number of rotatable bonds is 3. The number of likely N-dealkylation sites (tertiary alicyclic amines) is 1. The van der Waals surface area contributed by atoms with E-state index in [2.05, 4.69) is 17.3 Å². The average Bonchev–Trinajstić information content (AvgIpc) is 3.32. The highest BCUT2D eigenvalue weighted by Gasteiger charge is 2.64. The topological polar surface area (TPSA) is 69.7 Å². The van der Waals surface area contributed by atoms with Crippen LogP contribution in [-0.4, -0.2) is 69.1 Å². The van der Waals surface area contributed by atoms with Crippen LogP contribution in [0, 0.1) is 16.7 Å². The third-order valence-electron chi connectivity index (χ3n) is 7.22. The molecule has 4 aliphatic rings. The molecule has 6 nitrogen and oxygen atoms in total. The number of amides is 1. The first kappa shape index (κ1) is 16.8. The van der Waals surface area contributed by atoms with Gasteiger partial charge in [0.25, 0.3) is 0 Å². The van der Waals surface area contributed by atoms with Gasteiger partial charge in [0.05, 0.1) is 10.7 Å².